The second-order valence-electron chi connectivity index (χ2n) is 6.90. The molecular formula is C21H23N3O6. The van der Waals surface area contributed by atoms with Crippen molar-refractivity contribution >= 4 is 23.3 Å². The van der Waals surface area contributed by atoms with E-state index in [2.05, 4.69) is 10.6 Å². The van der Waals surface area contributed by atoms with E-state index in [9.17, 15) is 9.59 Å². The minimum atomic E-state index is -0.399. The Kier molecular flexibility index (Phi) is 5.51. The molecule has 0 aromatic heterocycles. The van der Waals surface area contributed by atoms with Crippen molar-refractivity contribution in [2.24, 2.45) is 0 Å². The summed E-state index contributed by atoms with van der Waals surface area (Å²) in [6, 6.07) is 9.77. The third-order valence-electron chi connectivity index (χ3n) is 4.94. The Morgan fingerprint density at radius 3 is 2.57 bits per heavy atom. The first kappa shape index (κ1) is 19.7. The lowest BCUT2D eigenvalue weighted by Crippen LogP contribution is -2.39. The van der Waals surface area contributed by atoms with Gasteiger partial charge in [-0.25, -0.2) is 4.79 Å². The molecule has 3 amide bonds. The molecule has 0 radical (unpaired) electrons. The summed E-state index contributed by atoms with van der Waals surface area (Å²) in [4.78, 5) is 26.5. The molecule has 2 heterocycles. The number of methoxy groups -OCH3 is 2. The number of rotatable bonds is 5. The first-order chi connectivity index (χ1) is 14.6. The van der Waals surface area contributed by atoms with Gasteiger partial charge in [-0.05, 0) is 24.3 Å². The highest BCUT2D eigenvalue weighted by atomic mass is 16.6. The van der Waals surface area contributed by atoms with Crippen LogP contribution in [0.5, 0.6) is 23.0 Å². The van der Waals surface area contributed by atoms with Crippen LogP contribution < -0.4 is 34.5 Å². The van der Waals surface area contributed by atoms with E-state index in [1.165, 1.54) is 7.11 Å². The molecule has 30 heavy (non-hydrogen) atoms. The van der Waals surface area contributed by atoms with Crippen LogP contribution in [0.2, 0.25) is 0 Å². The minimum Gasteiger partial charge on any atom is -0.493 e. The van der Waals surface area contributed by atoms with Crippen molar-refractivity contribution in [2.75, 3.05) is 44.2 Å². The maximum absolute atomic E-state index is 12.5. The lowest BCUT2D eigenvalue weighted by atomic mass is 10.2. The van der Waals surface area contributed by atoms with Crippen LogP contribution in [0.25, 0.3) is 0 Å². The highest BCUT2D eigenvalue weighted by Crippen LogP contribution is 2.35. The highest BCUT2D eigenvalue weighted by Gasteiger charge is 2.32. The summed E-state index contributed by atoms with van der Waals surface area (Å²) in [5, 5.41) is 5.60. The van der Waals surface area contributed by atoms with Gasteiger partial charge in [0.15, 0.2) is 23.0 Å². The van der Waals surface area contributed by atoms with Crippen molar-refractivity contribution in [2.45, 2.75) is 12.5 Å². The van der Waals surface area contributed by atoms with Crippen molar-refractivity contribution < 1.29 is 28.5 Å². The molecule has 2 aromatic rings. The Hall–Kier alpha value is -3.62. The van der Waals surface area contributed by atoms with Crippen LogP contribution in [0.1, 0.15) is 6.42 Å². The number of fused-ring (bicyclic) bond motifs is 1. The molecule has 9 heteroatoms. The molecule has 2 aliphatic heterocycles. The second kappa shape index (κ2) is 8.40. The molecule has 0 spiro atoms. The first-order valence-corrected chi connectivity index (χ1v) is 9.57. The number of nitrogens with one attached hydrogen (secondary N) is 2. The van der Waals surface area contributed by atoms with E-state index in [-0.39, 0.29) is 18.4 Å². The number of urea groups is 1. The molecule has 1 saturated heterocycles. The molecule has 1 atom stereocenters. The predicted molar refractivity (Wildman–Crippen MR) is 110 cm³/mol. The number of hydrogen-bond acceptors (Lipinski definition) is 6. The molecular weight excluding hydrogens is 390 g/mol. The van der Waals surface area contributed by atoms with Crippen LogP contribution in [0.3, 0.4) is 0 Å². The van der Waals surface area contributed by atoms with Crippen LogP contribution in [0.15, 0.2) is 36.4 Å². The van der Waals surface area contributed by atoms with Crippen molar-refractivity contribution in [1.29, 1.82) is 0 Å². The van der Waals surface area contributed by atoms with E-state index >= 15 is 0 Å². The highest BCUT2D eigenvalue weighted by molar-refractivity contribution is 5.98. The van der Waals surface area contributed by atoms with Gasteiger partial charge < -0.3 is 34.5 Å². The molecule has 4 rings (SSSR count). The quantitative estimate of drug-likeness (QED) is 0.781. The van der Waals surface area contributed by atoms with Crippen molar-refractivity contribution in [3.05, 3.63) is 36.4 Å². The Balaban J connectivity index is 1.38. The summed E-state index contributed by atoms with van der Waals surface area (Å²) in [7, 11) is 3.07. The summed E-state index contributed by atoms with van der Waals surface area (Å²) < 4.78 is 21.5. The smallest absolute Gasteiger partial charge is 0.319 e. The monoisotopic (exact) mass is 413 g/mol. The topological polar surface area (TPSA) is 98.4 Å². The number of anilines is 2. The molecule has 1 fully saturated rings. The third-order valence-corrected chi connectivity index (χ3v) is 4.94. The van der Waals surface area contributed by atoms with Crippen molar-refractivity contribution in [3.8, 4) is 23.0 Å². The average molecular weight is 413 g/mol. The SMILES string of the molecule is COc1ccc(NC(=O)N[C@H]2CC(=O)N(c3ccc4c(c3)OCCO4)C2)cc1OC. The van der Waals surface area contributed by atoms with Gasteiger partial charge in [-0.2, -0.15) is 0 Å². The first-order valence-electron chi connectivity index (χ1n) is 9.57. The van der Waals surface area contributed by atoms with Crippen LogP contribution in [-0.2, 0) is 4.79 Å². The van der Waals surface area contributed by atoms with E-state index in [1.807, 2.05) is 6.07 Å². The van der Waals surface area contributed by atoms with Gasteiger partial charge in [-0.3, -0.25) is 4.79 Å². The number of carbonyl (C=O) groups excluding carboxylic acids is 2. The number of benzene rings is 2. The van der Waals surface area contributed by atoms with Crippen LogP contribution >= 0.6 is 0 Å². The fourth-order valence-electron chi connectivity index (χ4n) is 3.52. The lowest BCUT2D eigenvalue weighted by Gasteiger charge is -2.22. The zero-order valence-corrected chi connectivity index (χ0v) is 16.8. The average Bonchev–Trinajstić information content (AvgIpc) is 3.12. The molecule has 2 aliphatic rings. The Bertz CT molecular complexity index is 964. The molecule has 0 bridgehead atoms. The molecule has 0 aliphatic carbocycles. The van der Waals surface area contributed by atoms with Crippen molar-refractivity contribution in [3.63, 3.8) is 0 Å². The van der Waals surface area contributed by atoms with E-state index in [4.69, 9.17) is 18.9 Å². The minimum absolute atomic E-state index is 0.0666. The molecule has 2 N–H and O–H groups in total. The molecule has 2 aromatic carbocycles. The van der Waals surface area contributed by atoms with Gasteiger partial charge >= 0.3 is 6.03 Å². The Morgan fingerprint density at radius 2 is 1.80 bits per heavy atom. The number of amides is 3. The van der Waals surface area contributed by atoms with Gasteiger partial charge in [0.25, 0.3) is 0 Å². The zero-order chi connectivity index (χ0) is 21.1. The fourth-order valence-corrected chi connectivity index (χ4v) is 3.52. The van der Waals surface area contributed by atoms with Gasteiger partial charge in [-0.15, -0.1) is 0 Å². The number of hydrogen-bond donors (Lipinski definition) is 2. The molecule has 0 unspecified atom stereocenters. The maximum atomic E-state index is 12.5. The number of nitrogens with zero attached hydrogens (tertiary/aromatic N) is 1. The standard InChI is InChI=1S/C21H23N3O6/c1-27-16-5-3-13(9-18(16)28-2)22-21(26)23-14-10-20(25)24(12-14)15-4-6-17-19(11-15)30-8-7-29-17/h3-6,9,11,14H,7-8,10,12H2,1-2H3,(H2,22,23,26)/t14-/m0/s1. The van der Waals surface area contributed by atoms with Gasteiger partial charge in [0.1, 0.15) is 13.2 Å². The van der Waals surface area contributed by atoms with Crippen LogP contribution in [0.4, 0.5) is 16.2 Å². The van der Waals surface area contributed by atoms with Gasteiger partial charge in [-0.1, -0.05) is 0 Å². The van der Waals surface area contributed by atoms with E-state index in [0.29, 0.717) is 54.1 Å². The summed E-state index contributed by atoms with van der Waals surface area (Å²) in [6.07, 6.45) is 0.216. The Morgan fingerprint density at radius 1 is 1.03 bits per heavy atom. The van der Waals surface area contributed by atoms with E-state index < -0.39 is 6.03 Å². The largest absolute Gasteiger partial charge is 0.493 e. The van der Waals surface area contributed by atoms with Crippen LogP contribution in [0, 0.1) is 0 Å². The summed E-state index contributed by atoms with van der Waals surface area (Å²) in [5.41, 5.74) is 1.27. The third kappa shape index (κ3) is 4.05. The second-order valence-corrected chi connectivity index (χ2v) is 6.90. The van der Waals surface area contributed by atoms with E-state index in [1.54, 1.807) is 42.3 Å². The summed E-state index contributed by atoms with van der Waals surface area (Å²) in [5.74, 6) is 2.30. The van der Waals surface area contributed by atoms with Gasteiger partial charge in [0.05, 0.1) is 20.3 Å². The van der Waals surface area contributed by atoms with E-state index in [0.717, 1.165) is 0 Å². The number of carbonyl (C=O) groups is 2. The normalized spacial score (nSPS) is 17.5. The summed E-state index contributed by atoms with van der Waals surface area (Å²) >= 11 is 0. The fraction of sp³-hybridized carbons (Fsp3) is 0.333. The number of ether oxygens (including phenoxy) is 4. The van der Waals surface area contributed by atoms with Crippen LogP contribution in [-0.4, -0.2) is 52.0 Å². The summed E-state index contributed by atoms with van der Waals surface area (Å²) in [6.45, 7) is 1.36. The molecule has 158 valence electrons. The van der Waals surface area contributed by atoms with Gasteiger partial charge in [0.2, 0.25) is 5.91 Å². The van der Waals surface area contributed by atoms with Gasteiger partial charge in [0, 0.05) is 36.5 Å². The molecule has 0 saturated carbocycles. The predicted octanol–water partition coefficient (Wildman–Crippen LogP) is 2.40. The maximum Gasteiger partial charge on any atom is 0.319 e. The Labute approximate surface area is 173 Å². The van der Waals surface area contributed by atoms with Crippen molar-refractivity contribution in [1.82, 2.24) is 5.32 Å². The molecule has 9 nitrogen and oxygen atoms in total. The lowest BCUT2D eigenvalue weighted by molar-refractivity contribution is -0.117. The zero-order valence-electron chi connectivity index (χ0n) is 16.8.